The molecule has 4 nitrogen and oxygen atoms in total. The van der Waals surface area contributed by atoms with Gasteiger partial charge in [0.05, 0.1) is 0 Å². The summed E-state index contributed by atoms with van der Waals surface area (Å²) in [6.45, 7) is 9.32. The van der Waals surface area contributed by atoms with Gasteiger partial charge in [-0.2, -0.15) is 0 Å². The first-order valence-electron chi connectivity index (χ1n) is 5.95. The number of urea groups is 1. The summed E-state index contributed by atoms with van der Waals surface area (Å²) in [7, 11) is 0. The van der Waals surface area contributed by atoms with Crippen molar-refractivity contribution in [3.63, 3.8) is 0 Å². The number of hydrogen-bond donors (Lipinski definition) is 2. The fourth-order valence-corrected chi connectivity index (χ4v) is 1.59. The smallest absolute Gasteiger partial charge is 0.315 e. The van der Waals surface area contributed by atoms with Gasteiger partial charge >= 0.3 is 6.03 Å². The lowest BCUT2D eigenvalue weighted by Crippen LogP contribution is -2.46. The van der Waals surface area contributed by atoms with Crippen LogP contribution >= 0.6 is 0 Å². The quantitative estimate of drug-likeness (QED) is 0.696. The lowest BCUT2D eigenvalue weighted by Gasteiger charge is -2.23. The van der Waals surface area contributed by atoms with E-state index in [1.54, 1.807) is 0 Å². The molecule has 2 amide bonds. The lowest BCUT2D eigenvalue weighted by atomic mass is 10.3. The molecule has 0 aromatic heterocycles. The van der Waals surface area contributed by atoms with Gasteiger partial charge in [0, 0.05) is 18.6 Å². The van der Waals surface area contributed by atoms with Crippen molar-refractivity contribution < 1.29 is 4.79 Å². The van der Waals surface area contributed by atoms with Crippen LogP contribution < -0.4 is 10.6 Å². The van der Waals surface area contributed by atoms with E-state index in [1.165, 1.54) is 0 Å². The van der Waals surface area contributed by atoms with E-state index in [9.17, 15) is 4.79 Å². The van der Waals surface area contributed by atoms with E-state index < -0.39 is 0 Å². The average molecular weight is 213 g/mol. The van der Waals surface area contributed by atoms with Crippen molar-refractivity contribution in [1.82, 2.24) is 15.5 Å². The van der Waals surface area contributed by atoms with Crippen LogP contribution in [0.4, 0.5) is 4.79 Å². The zero-order valence-corrected chi connectivity index (χ0v) is 10.0. The van der Waals surface area contributed by atoms with Crippen LogP contribution in [0.15, 0.2) is 0 Å². The summed E-state index contributed by atoms with van der Waals surface area (Å²) < 4.78 is 0. The SMILES string of the molecule is CCN(CC)CC(C)NC(=O)NC1CC1. The fourth-order valence-electron chi connectivity index (χ4n) is 1.59. The highest BCUT2D eigenvalue weighted by molar-refractivity contribution is 5.74. The Bertz CT molecular complexity index is 200. The lowest BCUT2D eigenvalue weighted by molar-refractivity contribution is 0.227. The Kier molecular flexibility index (Phi) is 4.88. The molecule has 0 spiro atoms. The first-order valence-corrected chi connectivity index (χ1v) is 5.95. The van der Waals surface area contributed by atoms with Crippen LogP contribution in [-0.2, 0) is 0 Å². The van der Waals surface area contributed by atoms with Crippen LogP contribution in [0.25, 0.3) is 0 Å². The van der Waals surface area contributed by atoms with Gasteiger partial charge in [0.15, 0.2) is 0 Å². The molecule has 1 atom stereocenters. The third kappa shape index (κ3) is 5.02. The standard InChI is InChI=1S/C11H23N3O/c1-4-14(5-2)8-9(3)12-11(15)13-10-6-7-10/h9-10H,4-8H2,1-3H3,(H2,12,13,15). The molecule has 88 valence electrons. The molecule has 1 aliphatic rings. The monoisotopic (exact) mass is 213 g/mol. The zero-order valence-electron chi connectivity index (χ0n) is 10.0. The Morgan fingerprint density at radius 3 is 2.47 bits per heavy atom. The van der Waals surface area contributed by atoms with Crippen molar-refractivity contribution in [2.24, 2.45) is 0 Å². The molecule has 0 radical (unpaired) electrons. The Labute approximate surface area is 92.4 Å². The highest BCUT2D eigenvalue weighted by Crippen LogP contribution is 2.18. The number of likely N-dealkylation sites (N-methyl/N-ethyl adjacent to an activating group) is 1. The Morgan fingerprint density at radius 1 is 1.40 bits per heavy atom. The second-order valence-electron chi connectivity index (χ2n) is 4.28. The first-order chi connectivity index (χ1) is 7.15. The molecule has 0 aromatic carbocycles. The van der Waals surface area contributed by atoms with Gasteiger partial charge in [-0.1, -0.05) is 13.8 Å². The third-order valence-electron chi connectivity index (χ3n) is 2.72. The van der Waals surface area contributed by atoms with Gasteiger partial charge in [-0.25, -0.2) is 4.79 Å². The molecule has 15 heavy (non-hydrogen) atoms. The summed E-state index contributed by atoms with van der Waals surface area (Å²) in [5.41, 5.74) is 0. The Balaban J connectivity index is 2.15. The van der Waals surface area contributed by atoms with Crippen molar-refractivity contribution in [1.29, 1.82) is 0 Å². The normalized spacial score (nSPS) is 17.6. The van der Waals surface area contributed by atoms with Crippen LogP contribution in [-0.4, -0.2) is 42.6 Å². The van der Waals surface area contributed by atoms with Crippen molar-refractivity contribution in [3.8, 4) is 0 Å². The van der Waals surface area contributed by atoms with Gasteiger partial charge in [0.2, 0.25) is 0 Å². The molecule has 0 heterocycles. The molecule has 4 heteroatoms. The molecule has 1 unspecified atom stereocenters. The number of hydrogen-bond acceptors (Lipinski definition) is 2. The van der Waals surface area contributed by atoms with Crippen LogP contribution in [0, 0.1) is 0 Å². The topological polar surface area (TPSA) is 44.4 Å². The highest BCUT2D eigenvalue weighted by atomic mass is 16.2. The number of carbonyl (C=O) groups is 1. The minimum atomic E-state index is -0.0165. The molecule has 1 aliphatic carbocycles. The van der Waals surface area contributed by atoms with Gasteiger partial charge in [0.1, 0.15) is 0 Å². The molecular weight excluding hydrogens is 190 g/mol. The zero-order chi connectivity index (χ0) is 11.3. The molecule has 0 aromatic rings. The minimum absolute atomic E-state index is 0.0165. The molecule has 1 rings (SSSR count). The Hall–Kier alpha value is -0.770. The molecule has 1 fully saturated rings. The van der Waals surface area contributed by atoms with Crippen molar-refractivity contribution in [2.45, 2.75) is 45.7 Å². The van der Waals surface area contributed by atoms with Crippen molar-refractivity contribution in [3.05, 3.63) is 0 Å². The summed E-state index contributed by atoms with van der Waals surface area (Å²) in [5.74, 6) is 0. The molecule has 0 bridgehead atoms. The summed E-state index contributed by atoms with van der Waals surface area (Å²) in [4.78, 5) is 13.7. The second kappa shape index (κ2) is 5.95. The van der Waals surface area contributed by atoms with Crippen LogP contribution in [0.1, 0.15) is 33.6 Å². The van der Waals surface area contributed by atoms with E-state index in [0.29, 0.717) is 6.04 Å². The first kappa shape index (κ1) is 12.3. The van der Waals surface area contributed by atoms with E-state index in [2.05, 4.69) is 29.4 Å². The van der Waals surface area contributed by atoms with Gasteiger partial charge in [-0.15, -0.1) is 0 Å². The summed E-state index contributed by atoms with van der Waals surface area (Å²) in [6.07, 6.45) is 2.27. The number of amides is 2. The highest BCUT2D eigenvalue weighted by Gasteiger charge is 2.23. The van der Waals surface area contributed by atoms with E-state index in [4.69, 9.17) is 0 Å². The van der Waals surface area contributed by atoms with E-state index >= 15 is 0 Å². The minimum Gasteiger partial charge on any atom is -0.335 e. The number of nitrogens with zero attached hydrogens (tertiary/aromatic N) is 1. The average Bonchev–Trinajstić information content (AvgIpc) is 2.97. The summed E-state index contributed by atoms with van der Waals surface area (Å²) in [6, 6.07) is 0.631. The molecular formula is C11H23N3O. The number of nitrogens with one attached hydrogen (secondary N) is 2. The molecule has 1 saturated carbocycles. The van der Waals surface area contributed by atoms with Crippen LogP contribution in [0.5, 0.6) is 0 Å². The summed E-state index contributed by atoms with van der Waals surface area (Å²) >= 11 is 0. The van der Waals surface area contributed by atoms with Gasteiger partial charge < -0.3 is 15.5 Å². The van der Waals surface area contributed by atoms with E-state index in [0.717, 1.165) is 32.5 Å². The van der Waals surface area contributed by atoms with Gasteiger partial charge in [-0.3, -0.25) is 0 Å². The number of carbonyl (C=O) groups excluding carboxylic acids is 1. The largest absolute Gasteiger partial charge is 0.335 e. The molecule has 0 saturated heterocycles. The predicted molar refractivity (Wildman–Crippen MR) is 61.9 cm³/mol. The third-order valence-corrected chi connectivity index (χ3v) is 2.72. The van der Waals surface area contributed by atoms with Gasteiger partial charge in [0.25, 0.3) is 0 Å². The van der Waals surface area contributed by atoms with Gasteiger partial charge in [-0.05, 0) is 32.9 Å². The second-order valence-corrected chi connectivity index (χ2v) is 4.28. The van der Waals surface area contributed by atoms with Crippen molar-refractivity contribution >= 4 is 6.03 Å². The maximum atomic E-state index is 11.4. The maximum Gasteiger partial charge on any atom is 0.315 e. The summed E-state index contributed by atoms with van der Waals surface area (Å²) in [5, 5.41) is 5.88. The van der Waals surface area contributed by atoms with E-state index in [-0.39, 0.29) is 12.1 Å². The van der Waals surface area contributed by atoms with Crippen LogP contribution in [0.3, 0.4) is 0 Å². The molecule has 0 aliphatic heterocycles. The van der Waals surface area contributed by atoms with Crippen LogP contribution in [0.2, 0.25) is 0 Å². The Morgan fingerprint density at radius 2 is 2.00 bits per heavy atom. The maximum absolute atomic E-state index is 11.4. The fraction of sp³-hybridized carbons (Fsp3) is 0.909. The molecule has 2 N–H and O–H groups in total. The number of rotatable bonds is 6. The van der Waals surface area contributed by atoms with E-state index in [1.807, 2.05) is 6.92 Å². The predicted octanol–water partition coefficient (Wildman–Crippen LogP) is 1.18. The van der Waals surface area contributed by atoms with Crippen molar-refractivity contribution in [2.75, 3.05) is 19.6 Å².